The van der Waals surface area contributed by atoms with Gasteiger partial charge in [0.1, 0.15) is 0 Å². The molecule has 0 amide bonds. The second kappa shape index (κ2) is 6.83. The van der Waals surface area contributed by atoms with Gasteiger partial charge in [-0.1, -0.05) is 6.92 Å². The highest BCUT2D eigenvalue weighted by Gasteiger charge is 2.10. The van der Waals surface area contributed by atoms with Gasteiger partial charge in [-0.05, 0) is 11.6 Å². The first kappa shape index (κ1) is 15.9. The van der Waals surface area contributed by atoms with Crippen LogP contribution >= 0.6 is 11.6 Å². The zero-order valence-corrected chi connectivity index (χ0v) is 12.6. The van der Waals surface area contributed by atoms with Crippen molar-refractivity contribution in [2.24, 2.45) is 0 Å². The van der Waals surface area contributed by atoms with Gasteiger partial charge >= 0.3 is 0 Å². The van der Waals surface area contributed by atoms with Crippen LogP contribution in [0.3, 0.4) is 0 Å². The largest absolute Gasteiger partial charge is 0.353 e. The molecule has 0 saturated heterocycles. The molecular weight excluding hydrogens is 292 g/mol. The fourth-order valence-corrected chi connectivity index (χ4v) is 2.32. The van der Waals surface area contributed by atoms with Gasteiger partial charge in [0.25, 0.3) is 0 Å². The molecule has 8 nitrogen and oxygen atoms in total. The van der Waals surface area contributed by atoms with E-state index in [4.69, 9.17) is 11.6 Å². The molecule has 19 heavy (non-hydrogen) atoms. The Morgan fingerprint density at radius 2 is 1.95 bits per heavy atom. The van der Waals surface area contributed by atoms with Crippen molar-refractivity contribution in [2.75, 3.05) is 43.2 Å². The molecule has 1 rings (SSSR count). The zero-order valence-electron chi connectivity index (χ0n) is 11.0. The number of aromatic nitrogens is 3. The summed E-state index contributed by atoms with van der Waals surface area (Å²) in [5.74, 6) is 0.578. The van der Waals surface area contributed by atoms with Crippen molar-refractivity contribution in [1.29, 1.82) is 0 Å². The highest BCUT2D eigenvalue weighted by atomic mass is 35.5. The lowest BCUT2D eigenvalue weighted by Crippen LogP contribution is -2.29. The Morgan fingerprint density at radius 1 is 1.26 bits per heavy atom. The number of hydrogen-bond donors (Lipinski definition) is 2. The Bertz CT molecular complexity index is 521. The molecule has 0 aliphatic heterocycles. The van der Waals surface area contributed by atoms with Crippen molar-refractivity contribution < 1.29 is 8.42 Å². The number of rotatable bonds is 7. The molecule has 0 radical (unpaired) electrons. The average molecular weight is 309 g/mol. The average Bonchev–Trinajstić information content (AvgIpc) is 2.27. The van der Waals surface area contributed by atoms with Gasteiger partial charge in [-0.25, -0.2) is 13.1 Å². The van der Waals surface area contributed by atoms with Crippen LogP contribution in [0.5, 0.6) is 0 Å². The summed E-state index contributed by atoms with van der Waals surface area (Å²) in [7, 11) is 0.272. The second-order valence-corrected chi connectivity index (χ2v) is 6.13. The molecule has 0 fully saturated rings. The van der Waals surface area contributed by atoms with Crippen LogP contribution in [-0.2, 0) is 10.0 Å². The minimum Gasteiger partial charge on any atom is -0.353 e. The van der Waals surface area contributed by atoms with E-state index in [0.29, 0.717) is 12.5 Å². The summed E-state index contributed by atoms with van der Waals surface area (Å²) in [4.78, 5) is 13.6. The number of nitrogens with one attached hydrogen (secondary N) is 2. The Balaban J connectivity index is 2.63. The van der Waals surface area contributed by atoms with Gasteiger partial charge in [-0.15, -0.1) is 0 Å². The van der Waals surface area contributed by atoms with E-state index in [2.05, 4.69) is 25.0 Å². The monoisotopic (exact) mass is 308 g/mol. The SMILES string of the molecule is CCNS(=O)(=O)CCNc1nc(Cl)nc(N(C)C)n1. The molecule has 0 bridgehead atoms. The molecule has 0 aliphatic carbocycles. The number of hydrogen-bond acceptors (Lipinski definition) is 7. The standard InChI is InChI=1S/C9H17ClN6O2S/c1-4-12-19(17,18)6-5-11-8-13-7(10)14-9(15-8)16(2)3/h12H,4-6H2,1-3H3,(H,11,13,14,15). The molecule has 2 N–H and O–H groups in total. The van der Waals surface area contributed by atoms with Crippen molar-refractivity contribution in [1.82, 2.24) is 19.7 Å². The first-order chi connectivity index (χ1) is 8.84. The van der Waals surface area contributed by atoms with Gasteiger partial charge in [0.2, 0.25) is 27.2 Å². The number of sulfonamides is 1. The Labute approximate surface area is 117 Å². The molecule has 108 valence electrons. The lowest BCUT2D eigenvalue weighted by molar-refractivity contribution is 0.584. The summed E-state index contributed by atoms with van der Waals surface area (Å²) in [5.41, 5.74) is 0. The van der Waals surface area contributed by atoms with Crippen LogP contribution < -0.4 is 14.9 Å². The van der Waals surface area contributed by atoms with Crippen molar-refractivity contribution in [3.63, 3.8) is 0 Å². The fourth-order valence-electron chi connectivity index (χ4n) is 1.21. The van der Waals surface area contributed by atoms with Crippen LogP contribution in [0.15, 0.2) is 0 Å². The topological polar surface area (TPSA) is 100 Å². The van der Waals surface area contributed by atoms with Gasteiger partial charge in [0.05, 0.1) is 5.75 Å². The summed E-state index contributed by atoms with van der Waals surface area (Å²) in [6.07, 6.45) is 0. The van der Waals surface area contributed by atoms with E-state index in [1.165, 1.54) is 0 Å². The highest BCUT2D eigenvalue weighted by molar-refractivity contribution is 7.89. The van der Waals surface area contributed by atoms with E-state index in [1.807, 2.05) is 0 Å². The zero-order chi connectivity index (χ0) is 14.5. The summed E-state index contributed by atoms with van der Waals surface area (Å²) in [6.45, 7) is 2.27. The third-order valence-electron chi connectivity index (χ3n) is 2.01. The van der Waals surface area contributed by atoms with Crippen molar-refractivity contribution in [2.45, 2.75) is 6.92 Å². The van der Waals surface area contributed by atoms with E-state index in [1.54, 1.807) is 25.9 Å². The van der Waals surface area contributed by atoms with E-state index in [-0.39, 0.29) is 23.5 Å². The number of anilines is 2. The minimum absolute atomic E-state index is 0.0516. The van der Waals surface area contributed by atoms with E-state index < -0.39 is 10.0 Å². The normalized spacial score (nSPS) is 11.4. The van der Waals surface area contributed by atoms with Crippen molar-refractivity contribution >= 4 is 33.5 Å². The predicted octanol–water partition coefficient (Wildman–Crippen LogP) is -0.0578. The maximum Gasteiger partial charge on any atom is 0.230 e. The van der Waals surface area contributed by atoms with Gasteiger partial charge in [0, 0.05) is 27.2 Å². The first-order valence-corrected chi connectivity index (χ1v) is 7.67. The van der Waals surface area contributed by atoms with E-state index in [0.717, 1.165) is 0 Å². The van der Waals surface area contributed by atoms with Gasteiger partial charge in [-0.3, -0.25) is 0 Å². The molecule has 0 unspecified atom stereocenters. The van der Waals surface area contributed by atoms with Crippen molar-refractivity contribution in [3.05, 3.63) is 5.28 Å². The van der Waals surface area contributed by atoms with Gasteiger partial charge < -0.3 is 10.2 Å². The molecule has 0 saturated carbocycles. The molecule has 1 aromatic heterocycles. The van der Waals surface area contributed by atoms with Gasteiger partial charge in [-0.2, -0.15) is 15.0 Å². The van der Waals surface area contributed by atoms with E-state index >= 15 is 0 Å². The maximum absolute atomic E-state index is 11.4. The molecular formula is C9H17ClN6O2S. The van der Waals surface area contributed by atoms with Crippen LogP contribution in [-0.4, -0.2) is 56.3 Å². The lowest BCUT2D eigenvalue weighted by atomic mass is 10.7. The third kappa shape index (κ3) is 5.53. The summed E-state index contributed by atoms with van der Waals surface area (Å²) in [6, 6.07) is 0. The molecule has 1 heterocycles. The summed E-state index contributed by atoms with van der Waals surface area (Å²) < 4.78 is 25.2. The van der Waals surface area contributed by atoms with Gasteiger partial charge in [0.15, 0.2) is 0 Å². The van der Waals surface area contributed by atoms with Crippen LogP contribution in [0.4, 0.5) is 11.9 Å². The van der Waals surface area contributed by atoms with Crippen LogP contribution in [0.25, 0.3) is 0 Å². The van der Waals surface area contributed by atoms with Crippen molar-refractivity contribution in [3.8, 4) is 0 Å². The molecule has 10 heteroatoms. The molecule has 0 spiro atoms. The quantitative estimate of drug-likeness (QED) is 0.728. The van der Waals surface area contributed by atoms with Crippen LogP contribution in [0, 0.1) is 0 Å². The molecule has 0 atom stereocenters. The summed E-state index contributed by atoms with van der Waals surface area (Å²) in [5, 5.41) is 2.85. The number of nitrogens with zero attached hydrogens (tertiary/aromatic N) is 4. The predicted molar refractivity (Wildman–Crippen MR) is 75.1 cm³/mol. The Hall–Kier alpha value is -1.19. The highest BCUT2D eigenvalue weighted by Crippen LogP contribution is 2.11. The Morgan fingerprint density at radius 3 is 2.53 bits per heavy atom. The number of halogens is 1. The lowest BCUT2D eigenvalue weighted by Gasteiger charge is -2.11. The second-order valence-electron chi connectivity index (χ2n) is 3.87. The van der Waals surface area contributed by atoms with Crippen LogP contribution in [0.2, 0.25) is 5.28 Å². The molecule has 0 aromatic carbocycles. The third-order valence-corrected chi connectivity index (χ3v) is 3.65. The maximum atomic E-state index is 11.4. The molecule has 1 aromatic rings. The van der Waals surface area contributed by atoms with Crippen LogP contribution in [0.1, 0.15) is 6.92 Å². The smallest absolute Gasteiger partial charge is 0.230 e. The van der Waals surface area contributed by atoms with E-state index in [9.17, 15) is 8.42 Å². The minimum atomic E-state index is -3.27. The summed E-state index contributed by atoms with van der Waals surface area (Å²) >= 11 is 5.75. The molecule has 0 aliphatic rings. The Kier molecular flexibility index (Phi) is 5.70. The fraction of sp³-hybridized carbons (Fsp3) is 0.667. The first-order valence-electron chi connectivity index (χ1n) is 5.64.